The van der Waals surface area contributed by atoms with Crippen LogP contribution >= 0.6 is 34.9 Å². The van der Waals surface area contributed by atoms with E-state index in [1.54, 1.807) is 17.5 Å². The smallest absolute Gasteiger partial charge is 0.352 e. The molecule has 17 heteroatoms. The zero-order valence-electron chi connectivity index (χ0n) is 26.8. The molecule has 13 nitrogen and oxygen atoms in total. The molecule has 3 aliphatic heterocycles. The number of rotatable bonds is 12. The van der Waals surface area contributed by atoms with E-state index in [1.807, 2.05) is 22.9 Å². The molecule has 3 aliphatic rings. The van der Waals surface area contributed by atoms with Crippen molar-refractivity contribution in [1.82, 2.24) is 25.4 Å². The van der Waals surface area contributed by atoms with Gasteiger partial charge in [0.2, 0.25) is 5.52 Å². The molecule has 2 unspecified atom stereocenters. The van der Waals surface area contributed by atoms with E-state index in [1.165, 1.54) is 35.5 Å². The first kappa shape index (κ1) is 34.8. The highest BCUT2D eigenvalue weighted by Gasteiger charge is 2.54. The fourth-order valence-electron chi connectivity index (χ4n) is 6.31. The molecule has 5 heterocycles. The summed E-state index contributed by atoms with van der Waals surface area (Å²) in [4.78, 5) is 52.1. The van der Waals surface area contributed by atoms with Crippen LogP contribution in [0, 0.1) is 5.82 Å². The van der Waals surface area contributed by atoms with Crippen LogP contribution in [0.4, 0.5) is 9.52 Å². The number of carboxylic acid groups (broad SMARTS) is 1. The lowest BCUT2D eigenvalue weighted by Crippen LogP contribution is -2.71. The van der Waals surface area contributed by atoms with Gasteiger partial charge in [-0.3, -0.25) is 19.4 Å². The third-order valence-electron chi connectivity index (χ3n) is 8.64. The van der Waals surface area contributed by atoms with Crippen molar-refractivity contribution in [3.05, 3.63) is 70.8 Å². The van der Waals surface area contributed by atoms with Crippen molar-refractivity contribution in [2.75, 3.05) is 50.5 Å². The molecule has 0 bridgehead atoms. The van der Waals surface area contributed by atoms with Gasteiger partial charge in [0.25, 0.3) is 11.8 Å². The molecule has 0 spiro atoms. The summed E-state index contributed by atoms with van der Waals surface area (Å²) in [7, 11) is 1.28. The van der Waals surface area contributed by atoms with Gasteiger partial charge in [-0.25, -0.2) is 14.2 Å². The number of thioether (sulfide) groups is 2. The van der Waals surface area contributed by atoms with Gasteiger partial charge in [-0.2, -0.15) is 4.57 Å². The van der Waals surface area contributed by atoms with E-state index < -0.39 is 29.2 Å². The zero-order chi connectivity index (χ0) is 34.8. The minimum absolute atomic E-state index is 0.0974. The number of thiazole rings is 1. The number of aromatic nitrogens is 2. The van der Waals surface area contributed by atoms with E-state index in [2.05, 4.69) is 39.2 Å². The van der Waals surface area contributed by atoms with Crippen LogP contribution in [-0.2, 0) is 25.8 Å². The summed E-state index contributed by atoms with van der Waals surface area (Å²) < 4.78 is 17.9. The van der Waals surface area contributed by atoms with Crippen molar-refractivity contribution in [2.45, 2.75) is 35.8 Å². The summed E-state index contributed by atoms with van der Waals surface area (Å²) in [5.41, 5.74) is 7.67. The van der Waals surface area contributed by atoms with Crippen LogP contribution < -0.4 is 20.9 Å². The Labute approximate surface area is 294 Å². The highest BCUT2D eigenvalue weighted by Crippen LogP contribution is 2.42. The third kappa shape index (κ3) is 6.77. The molecule has 0 radical (unpaired) electrons. The van der Waals surface area contributed by atoms with Crippen molar-refractivity contribution < 1.29 is 33.3 Å². The monoisotopic (exact) mass is 727 g/mol. The minimum atomic E-state index is -1.24. The molecular formula is C32H36FN8O5S3+. The summed E-state index contributed by atoms with van der Waals surface area (Å²) in [6, 6.07) is 4.31. The number of aliphatic carboxylic acids is 1. The molecule has 6 rings (SSSR count). The van der Waals surface area contributed by atoms with Gasteiger partial charge in [-0.05, 0) is 24.3 Å². The number of piperazine rings is 1. The number of anilines is 1. The Morgan fingerprint density at radius 3 is 2.92 bits per heavy atom. The lowest BCUT2D eigenvalue weighted by Gasteiger charge is -2.49. The molecule has 1 aromatic carbocycles. The number of carboxylic acids is 1. The van der Waals surface area contributed by atoms with Crippen LogP contribution in [0.2, 0.25) is 0 Å². The lowest BCUT2D eigenvalue weighted by molar-refractivity contribution is -0.661. The van der Waals surface area contributed by atoms with E-state index in [0.717, 1.165) is 41.4 Å². The van der Waals surface area contributed by atoms with E-state index in [4.69, 9.17) is 10.6 Å². The van der Waals surface area contributed by atoms with Gasteiger partial charge in [0.15, 0.2) is 23.6 Å². The number of carbonyl (C=O) groups excluding carboxylic acids is 2. The number of amides is 2. The molecule has 2 aromatic heterocycles. The second-order valence-electron chi connectivity index (χ2n) is 11.5. The molecule has 2 saturated heterocycles. The molecule has 49 heavy (non-hydrogen) atoms. The number of pyridine rings is 1. The van der Waals surface area contributed by atoms with Crippen molar-refractivity contribution in [2.24, 2.45) is 5.16 Å². The minimum Gasteiger partial charge on any atom is -0.477 e. The van der Waals surface area contributed by atoms with E-state index >= 15 is 4.39 Å². The normalized spacial score (nSPS) is 21.4. The van der Waals surface area contributed by atoms with Crippen LogP contribution in [-0.4, -0.2) is 99.6 Å². The number of benzene rings is 1. The van der Waals surface area contributed by atoms with Crippen LogP contribution in [0.15, 0.2) is 63.8 Å². The van der Waals surface area contributed by atoms with Gasteiger partial charge in [0, 0.05) is 59.1 Å². The van der Waals surface area contributed by atoms with Gasteiger partial charge in [-0.15, -0.1) is 34.9 Å². The number of halogens is 1. The fourth-order valence-corrected chi connectivity index (χ4v) is 9.38. The van der Waals surface area contributed by atoms with Crippen molar-refractivity contribution in [1.29, 1.82) is 0 Å². The topological polar surface area (TPSA) is 166 Å². The lowest BCUT2D eigenvalue weighted by atomic mass is 10.00. The Kier molecular flexibility index (Phi) is 10.5. The number of allylic oxidation sites excluding steroid dienone is 1. The summed E-state index contributed by atoms with van der Waals surface area (Å²) in [6.45, 7) is 9.65. The maximum absolute atomic E-state index is 15.9. The van der Waals surface area contributed by atoms with E-state index in [-0.39, 0.29) is 39.8 Å². The number of β-lactam (4-membered cyclic amide) rings is 1. The second-order valence-corrected chi connectivity index (χ2v) is 14.5. The summed E-state index contributed by atoms with van der Waals surface area (Å²) in [5, 5.41) is 21.9. The molecule has 3 aromatic rings. The van der Waals surface area contributed by atoms with Crippen molar-refractivity contribution >= 4 is 74.4 Å². The second kappa shape index (κ2) is 14.8. The molecule has 2 amide bonds. The van der Waals surface area contributed by atoms with Gasteiger partial charge >= 0.3 is 5.97 Å². The first-order valence-corrected chi connectivity index (χ1v) is 18.5. The Bertz CT molecular complexity index is 1880. The quantitative estimate of drug-likeness (QED) is 0.0541. The first-order chi connectivity index (χ1) is 23.7. The molecule has 0 aliphatic carbocycles. The number of fused-ring (bicyclic) bond motifs is 2. The average molecular weight is 728 g/mol. The van der Waals surface area contributed by atoms with Gasteiger partial charge in [0.05, 0.1) is 11.4 Å². The zero-order valence-corrected chi connectivity index (χ0v) is 29.3. The Hall–Kier alpha value is -4.03. The van der Waals surface area contributed by atoms with Crippen molar-refractivity contribution in [3.63, 3.8) is 0 Å². The number of hydrogen-bond donors (Lipinski definition) is 4. The highest BCUT2D eigenvalue weighted by molar-refractivity contribution is 8.01. The fraction of sp³-hybridized carbons (Fsp3) is 0.375. The maximum atomic E-state index is 15.9. The SMILES string of the molecule is C=CC[n+]1ccc(SCC2=C(C(=O)O)N3C(=O)C(NC(=O)C(=NOC)c4csc(N)n4)[C@@H]3SC2)c2cc(F)c(C3CNCCN3CC)cc21. The molecule has 3 atom stereocenters. The number of nitrogens with zero attached hydrogens (tertiary/aromatic N) is 5. The number of oxime groups is 1. The predicted octanol–water partition coefficient (Wildman–Crippen LogP) is 2.34. The Morgan fingerprint density at radius 2 is 2.22 bits per heavy atom. The number of nitrogens with one attached hydrogen (secondary N) is 2. The largest absolute Gasteiger partial charge is 0.477 e. The maximum Gasteiger partial charge on any atom is 0.352 e. The molecule has 5 N–H and O–H groups in total. The van der Waals surface area contributed by atoms with Crippen molar-refractivity contribution in [3.8, 4) is 0 Å². The number of carbonyl (C=O) groups is 3. The number of likely N-dealkylation sites (N-methyl/N-ethyl adjacent to an activating group) is 1. The first-order valence-electron chi connectivity index (χ1n) is 15.5. The van der Waals surface area contributed by atoms with Crippen LogP contribution in [0.25, 0.3) is 10.9 Å². The predicted molar refractivity (Wildman–Crippen MR) is 188 cm³/mol. The summed E-state index contributed by atoms with van der Waals surface area (Å²) >= 11 is 3.87. The molecular weight excluding hydrogens is 692 g/mol. The highest BCUT2D eigenvalue weighted by atomic mass is 32.2. The van der Waals surface area contributed by atoms with Gasteiger partial charge in [0.1, 0.15) is 35.7 Å². The van der Waals surface area contributed by atoms with E-state index in [9.17, 15) is 19.5 Å². The van der Waals surface area contributed by atoms with Crippen LogP contribution in [0.1, 0.15) is 24.2 Å². The van der Waals surface area contributed by atoms with E-state index in [0.29, 0.717) is 35.4 Å². The Balaban J connectivity index is 1.24. The van der Waals surface area contributed by atoms with Gasteiger partial charge < -0.3 is 26.3 Å². The van der Waals surface area contributed by atoms with Crippen LogP contribution in [0.5, 0.6) is 0 Å². The Morgan fingerprint density at radius 1 is 1.41 bits per heavy atom. The molecule has 258 valence electrons. The van der Waals surface area contributed by atoms with Crippen LogP contribution in [0.3, 0.4) is 0 Å². The third-order valence-corrected chi connectivity index (χ3v) is 11.8. The molecule has 2 fully saturated rings. The molecule has 0 saturated carbocycles. The van der Waals surface area contributed by atoms with Gasteiger partial charge in [-0.1, -0.05) is 18.7 Å². The number of hydrogen-bond acceptors (Lipinski definition) is 12. The standard InChI is InChI=1S/C32H35FN8O5S3/c1-4-8-40-9-6-24(19-11-20(33)18(12-22(19)40)23-13-35-7-10-39(23)5-2)47-14-17-15-48-30-26(29(43)41(30)27(17)31(44)45)37-28(42)25(38-46-3)21-16-49-32(34)36-21/h4,6,9,11-12,16,23,26,30,35H,1,5,7-8,10,13-15H2,2-3H3,(H3-,34,36,37,42,44,45)/p+1/t23?,26?,30-/m0/s1. The summed E-state index contributed by atoms with van der Waals surface area (Å²) in [5.74, 6) is -2.21. The number of nitrogens with two attached hydrogens (primary N) is 1. The summed E-state index contributed by atoms with van der Waals surface area (Å²) in [6.07, 6.45) is 3.71. The average Bonchev–Trinajstić information content (AvgIpc) is 3.53. The number of nitrogen functional groups attached to an aromatic ring is 1.